The number of nitrogens with zero attached hydrogens (tertiary/aromatic N) is 2. The molecule has 0 aliphatic carbocycles. The molecule has 5 nitrogen and oxygen atoms in total. The lowest BCUT2D eigenvalue weighted by Crippen LogP contribution is -2.48. The van der Waals surface area contributed by atoms with Gasteiger partial charge in [0.2, 0.25) is 0 Å². The van der Waals surface area contributed by atoms with Crippen LogP contribution in [-0.2, 0) is 0 Å². The number of halogens is 1. The summed E-state index contributed by atoms with van der Waals surface area (Å²) in [6, 6.07) is 6.54. The number of rotatable bonds is 2. The highest BCUT2D eigenvalue weighted by Crippen LogP contribution is 2.20. The van der Waals surface area contributed by atoms with E-state index in [9.17, 15) is 10.1 Å². The summed E-state index contributed by atoms with van der Waals surface area (Å²) < 4.78 is 0. The molecule has 1 aliphatic rings. The van der Waals surface area contributed by atoms with Gasteiger partial charge in [-0.1, -0.05) is 0 Å². The number of anilines is 1. The summed E-state index contributed by atoms with van der Waals surface area (Å²) >= 11 is 5.98. The Balaban J connectivity index is 2.11. The van der Waals surface area contributed by atoms with Gasteiger partial charge in [-0.05, 0) is 12.1 Å². The molecule has 86 valence electrons. The monoisotopic (exact) mass is 241 g/mol. The molecule has 0 spiro atoms. The summed E-state index contributed by atoms with van der Waals surface area (Å²) in [6.45, 7) is 2.39. The third-order valence-electron chi connectivity index (χ3n) is 2.55. The van der Waals surface area contributed by atoms with Gasteiger partial charge in [-0.15, -0.1) is 11.6 Å². The summed E-state index contributed by atoms with van der Waals surface area (Å²) in [4.78, 5) is 12.2. The lowest BCUT2D eigenvalue weighted by atomic mass is 10.2. The molecule has 1 N–H and O–H groups in total. The number of benzene rings is 1. The molecule has 1 atom stereocenters. The van der Waals surface area contributed by atoms with Gasteiger partial charge in [0.05, 0.1) is 4.92 Å². The first-order valence-corrected chi connectivity index (χ1v) is 5.47. The Morgan fingerprint density at radius 1 is 1.44 bits per heavy atom. The van der Waals surface area contributed by atoms with Crippen LogP contribution in [0.1, 0.15) is 0 Å². The SMILES string of the molecule is O=[N+]([O-])c1ccc(N2CCNC(Cl)C2)cc1. The average molecular weight is 242 g/mol. The number of alkyl halides is 1. The van der Waals surface area contributed by atoms with Crippen molar-refractivity contribution in [3.05, 3.63) is 34.4 Å². The van der Waals surface area contributed by atoms with Crippen molar-refractivity contribution in [3.63, 3.8) is 0 Å². The van der Waals surface area contributed by atoms with Crippen LogP contribution in [-0.4, -0.2) is 30.1 Å². The van der Waals surface area contributed by atoms with E-state index in [1.54, 1.807) is 12.1 Å². The van der Waals surface area contributed by atoms with Crippen molar-refractivity contribution in [2.75, 3.05) is 24.5 Å². The Labute approximate surface area is 98.2 Å². The Kier molecular flexibility index (Phi) is 3.26. The molecule has 1 aromatic carbocycles. The highest BCUT2D eigenvalue weighted by Gasteiger charge is 2.17. The Hall–Kier alpha value is -1.33. The van der Waals surface area contributed by atoms with E-state index in [4.69, 9.17) is 11.6 Å². The predicted octanol–water partition coefficient (Wildman–Crippen LogP) is 1.57. The van der Waals surface area contributed by atoms with Crippen LogP contribution in [0.4, 0.5) is 11.4 Å². The van der Waals surface area contributed by atoms with E-state index in [1.807, 2.05) is 0 Å². The molecule has 6 heteroatoms. The molecule has 1 saturated heterocycles. The topological polar surface area (TPSA) is 58.4 Å². The second-order valence-corrected chi connectivity index (χ2v) is 4.17. The van der Waals surface area contributed by atoms with E-state index < -0.39 is 4.92 Å². The zero-order chi connectivity index (χ0) is 11.5. The van der Waals surface area contributed by atoms with Crippen LogP contribution in [0.15, 0.2) is 24.3 Å². The summed E-state index contributed by atoms with van der Waals surface area (Å²) in [5, 5.41) is 13.6. The van der Waals surface area contributed by atoms with Crippen molar-refractivity contribution < 1.29 is 4.92 Å². The molecule has 0 amide bonds. The molecule has 0 bridgehead atoms. The molecule has 0 aromatic heterocycles. The van der Waals surface area contributed by atoms with Gasteiger partial charge in [-0.3, -0.25) is 15.4 Å². The molecule has 1 heterocycles. The number of piperazine rings is 1. The first-order chi connectivity index (χ1) is 7.66. The molecule has 0 radical (unpaired) electrons. The van der Waals surface area contributed by atoms with E-state index in [0.29, 0.717) is 6.54 Å². The first kappa shape index (κ1) is 11.2. The van der Waals surface area contributed by atoms with Crippen molar-refractivity contribution in [3.8, 4) is 0 Å². The van der Waals surface area contributed by atoms with Crippen LogP contribution in [0.2, 0.25) is 0 Å². The smallest absolute Gasteiger partial charge is 0.269 e. The summed E-state index contributed by atoms with van der Waals surface area (Å²) in [5.41, 5.74) is 1.02. The summed E-state index contributed by atoms with van der Waals surface area (Å²) in [6.07, 6.45) is 0. The van der Waals surface area contributed by atoms with E-state index >= 15 is 0 Å². The first-order valence-electron chi connectivity index (χ1n) is 5.03. The molecule has 2 rings (SSSR count). The second-order valence-electron chi connectivity index (χ2n) is 3.64. The highest BCUT2D eigenvalue weighted by atomic mass is 35.5. The van der Waals surface area contributed by atoms with Gasteiger partial charge in [0.15, 0.2) is 0 Å². The van der Waals surface area contributed by atoms with Gasteiger partial charge in [0, 0.05) is 37.5 Å². The van der Waals surface area contributed by atoms with Crippen molar-refractivity contribution in [2.24, 2.45) is 0 Å². The van der Waals surface area contributed by atoms with Crippen LogP contribution in [0, 0.1) is 10.1 Å². The van der Waals surface area contributed by atoms with Gasteiger partial charge in [0.1, 0.15) is 5.50 Å². The van der Waals surface area contributed by atoms with E-state index in [0.717, 1.165) is 18.8 Å². The number of nitrogens with one attached hydrogen (secondary N) is 1. The zero-order valence-electron chi connectivity index (χ0n) is 8.60. The fourth-order valence-corrected chi connectivity index (χ4v) is 2.00. The van der Waals surface area contributed by atoms with Crippen molar-refractivity contribution in [1.29, 1.82) is 0 Å². The molecule has 1 fully saturated rings. The maximum atomic E-state index is 10.5. The lowest BCUT2D eigenvalue weighted by Gasteiger charge is -2.32. The van der Waals surface area contributed by atoms with Crippen molar-refractivity contribution >= 4 is 23.0 Å². The molecular formula is C10H12ClN3O2. The maximum Gasteiger partial charge on any atom is 0.269 e. The average Bonchev–Trinajstić information content (AvgIpc) is 2.29. The maximum absolute atomic E-state index is 10.5. The number of nitro benzene ring substituents is 1. The number of hydrogen-bond acceptors (Lipinski definition) is 4. The van der Waals surface area contributed by atoms with E-state index in [1.165, 1.54) is 12.1 Å². The highest BCUT2D eigenvalue weighted by molar-refractivity contribution is 6.20. The van der Waals surface area contributed by atoms with Crippen LogP contribution in [0.5, 0.6) is 0 Å². The minimum Gasteiger partial charge on any atom is -0.367 e. The molecule has 1 unspecified atom stereocenters. The van der Waals surface area contributed by atoms with Crippen LogP contribution in [0.3, 0.4) is 0 Å². The van der Waals surface area contributed by atoms with Crippen molar-refractivity contribution in [1.82, 2.24) is 5.32 Å². The third-order valence-corrected chi connectivity index (χ3v) is 2.85. The lowest BCUT2D eigenvalue weighted by molar-refractivity contribution is -0.384. The van der Waals surface area contributed by atoms with Crippen LogP contribution >= 0.6 is 11.6 Å². The van der Waals surface area contributed by atoms with Gasteiger partial charge in [0.25, 0.3) is 5.69 Å². The molecular weight excluding hydrogens is 230 g/mol. The summed E-state index contributed by atoms with van der Waals surface area (Å²) in [5.74, 6) is 0. The molecule has 0 saturated carbocycles. The standard InChI is InChI=1S/C10H12ClN3O2/c11-10-7-13(6-5-12-10)8-1-3-9(4-2-8)14(15)16/h1-4,10,12H,5-7H2. The molecule has 1 aliphatic heterocycles. The molecule has 1 aromatic rings. The Morgan fingerprint density at radius 2 is 2.12 bits per heavy atom. The largest absolute Gasteiger partial charge is 0.367 e. The van der Waals surface area contributed by atoms with Crippen molar-refractivity contribution in [2.45, 2.75) is 5.50 Å². The normalized spacial score (nSPS) is 20.8. The van der Waals surface area contributed by atoms with Gasteiger partial charge < -0.3 is 4.90 Å². The van der Waals surface area contributed by atoms with Crippen LogP contribution < -0.4 is 10.2 Å². The Bertz CT molecular complexity index is 382. The van der Waals surface area contributed by atoms with E-state index in [-0.39, 0.29) is 11.2 Å². The van der Waals surface area contributed by atoms with Crippen LogP contribution in [0.25, 0.3) is 0 Å². The quantitative estimate of drug-likeness (QED) is 0.370. The van der Waals surface area contributed by atoms with Gasteiger partial charge in [-0.25, -0.2) is 0 Å². The Morgan fingerprint density at radius 3 is 2.69 bits per heavy atom. The summed E-state index contributed by atoms with van der Waals surface area (Å²) in [7, 11) is 0. The number of non-ortho nitro benzene ring substituents is 1. The minimum atomic E-state index is -0.397. The fraction of sp³-hybridized carbons (Fsp3) is 0.400. The second kappa shape index (κ2) is 4.67. The fourth-order valence-electron chi connectivity index (χ4n) is 1.73. The predicted molar refractivity (Wildman–Crippen MR) is 63.0 cm³/mol. The third kappa shape index (κ3) is 2.43. The van der Waals surface area contributed by atoms with Gasteiger partial charge in [-0.2, -0.15) is 0 Å². The zero-order valence-corrected chi connectivity index (χ0v) is 9.35. The number of nitro groups is 1. The number of hydrogen-bond donors (Lipinski definition) is 1. The van der Waals surface area contributed by atoms with E-state index in [2.05, 4.69) is 10.2 Å². The van der Waals surface area contributed by atoms with Gasteiger partial charge >= 0.3 is 0 Å². The molecule has 16 heavy (non-hydrogen) atoms. The minimum absolute atomic E-state index is 0.0658.